The van der Waals surface area contributed by atoms with Crippen molar-refractivity contribution in [3.63, 3.8) is 0 Å². The highest BCUT2D eigenvalue weighted by Gasteiger charge is 2.38. The highest BCUT2D eigenvalue weighted by molar-refractivity contribution is 6.30. The van der Waals surface area contributed by atoms with Crippen LogP contribution in [-0.4, -0.2) is 25.3 Å². The van der Waals surface area contributed by atoms with Gasteiger partial charge in [-0.1, -0.05) is 11.6 Å². The molecule has 14 heavy (non-hydrogen) atoms. The number of hydrogen-bond acceptors (Lipinski definition) is 2. The minimum Gasteiger partial charge on any atom is -0.374 e. The summed E-state index contributed by atoms with van der Waals surface area (Å²) in [5, 5.41) is 0.800. The van der Waals surface area contributed by atoms with Crippen molar-refractivity contribution in [3.05, 3.63) is 29.3 Å². The van der Waals surface area contributed by atoms with E-state index in [4.69, 9.17) is 16.3 Å². The lowest BCUT2D eigenvalue weighted by Gasteiger charge is -2.28. The Bertz CT molecular complexity index is 338. The van der Waals surface area contributed by atoms with Gasteiger partial charge in [0.2, 0.25) is 0 Å². The fraction of sp³-hybridized carbons (Fsp3) is 0.455. The van der Waals surface area contributed by atoms with E-state index >= 15 is 0 Å². The van der Waals surface area contributed by atoms with Crippen LogP contribution < -0.4 is 4.90 Å². The fourth-order valence-corrected chi connectivity index (χ4v) is 2.47. The molecule has 1 aromatic rings. The Kier molecular flexibility index (Phi) is 1.92. The Hall–Kier alpha value is -0.730. The molecule has 0 aliphatic carbocycles. The maximum Gasteiger partial charge on any atom is 0.0771 e. The highest BCUT2D eigenvalue weighted by Crippen LogP contribution is 2.32. The average molecular weight is 210 g/mol. The Balaban J connectivity index is 1.86. The van der Waals surface area contributed by atoms with Gasteiger partial charge in [-0.3, -0.25) is 0 Å². The molecule has 0 radical (unpaired) electrons. The van der Waals surface area contributed by atoms with Crippen LogP contribution in [0.25, 0.3) is 0 Å². The first kappa shape index (κ1) is 8.57. The van der Waals surface area contributed by atoms with Crippen molar-refractivity contribution in [2.45, 2.75) is 18.6 Å². The lowest BCUT2D eigenvalue weighted by molar-refractivity contribution is 0.0991. The summed E-state index contributed by atoms with van der Waals surface area (Å²) in [6, 6.07) is 8.65. The number of nitrogens with zero attached hydrogens (tertiary/aromatic N) is 1. The number of hydrogen-bond donors (Lipinski definition) is 0. The van der Waals surface area contributed by atoms with Gasteiger partial charge in [0.25, 0.3) is 0 Å². The third-order valence-electron chi connectivity index (χ3n) is 3.06. The smallest absolute Gasteiger partial charge is 0.0771 e. The third-order valence-corrected chi connectivity index (χ3v) is 3.31. The van der Waals surface area contributed by atoms with E-state index in [1.807, 2.05) is 12.1 Å². The number of halogens is 1. The minimum atomic E-state index is 0.454. The van der Waals surface area contributed by atoms with E-state index in [0.29, 0.717) is 12.1 Å². The van der Waals surface area contributed by atoms with Gasteiger partial charge in [0.1, 0.15) is 0 Å². The maximum atomic E-state index is 5.85. The molecular formula is C11H12ClNO. The number of ether oxygens (including phenoxy) is 1. The monoisotopic (exact) mass is 209 g/mol. The van der Waals surface area contributed by atoms with E-state index in [0.717, 1.165) is 18.2 Å². The van der Waals surface area contributed by atoms with Crippen molar-refractivity contribution >= 4 is 17.3 Å². The van der Waals surface area contributed by atoms with Crippen LogP contribution >= 0.6 is 11.6 Å². The Morgan fingerprint density at radius 3 is 2.64 bits per heavy atom. The van der Waals surface area contributed by atoms with E-state index < -0.39 is 0 Å². The van der Waals surface area contributed by atoms with E-state index in [2.05, 4.69) is 17.0 Å². The second-order valence-corrected chi connectivity index (χ2v) is 4.41. The van der Waals surface area contributed by atoms with Gasteiger partial charge in [-0.25, -0.2) is 0 Å². The van der Waals surface area contributed by atoms with Crippen LogP contribution in [0.3, 0.4) is 0 Å². The molecule has 0 saturated carbocycles. The summed E-state index contributed by atoms with van der Waals surface area (Å²) in [5.41, 5.74) is 1.27. The standard InChI is InChI=1S/C11H12ClNO/c12-8-1-3-9(4-2-8)13-6-11-5-10(13)7-14-11/h1-4,10-11H,5-7H2. The zero-order valence-corrected chi connectivity index (χ0v) is 8.57. The van der Waals surface area contributed by atoms with Crippen molar-refractivity contribution in [1.29, 1.82) is 0 Å². The average Bonchev–Trinajstić information content (AvgIpc) is 2.80. The van der Waals surface area contributed by atoms with Crippen molar-refractivity contribution < 1.29 is 4.74 Å². The van der Waals surface area contributed by atoms with Crippen LogP contribution in [0.4, 0.5) is 5.69 Å². The van der Waals surface area contributed by atoms with Crippen LogP contribution in [-0.2, 0) is 4.74 Å². The molecule has 3 rings (SSSR count). The molecule has 3 heteroatoms. The van der Waals surface area contributed by atoms with E-state index in [9.17, 15) is 0 Å². The molecule has 2 fully saturated rings. The number of morpholine rings is 1. The first-order valence-corrected chi connectivity index (χ1v) is 5.34. The van der Waals surface area contributed by atoms with Gasteiger partial charge >= 0.3 is 0 Å². The molecule has 2 bridgehead atoms. The fourth-order valence-electron chi connectivity index (χ4n) is 2.35. The van der Waals surface area contributed by atoms with Crippen molar-refractivity contribution in [1.82, 2.24) is 0 Å². The molecule has 0 spiro atoms. The molecule has 0 aromatic heterocycles. The molecule has 2 atom stereocenters. The first-order chi connectivity index (χ1) is 6.83. The van der Waals surface area contributed by atoms with Gasteiger partial charge in [-0.05, 0) is 30.7 Å². The molecule has 0 N–H and O–H groups in total. The maximum absolute atomic E-state index is 5.85. The summed E-state index contributed by atoms with van der Waals surface area (Å²) in [6.45, 7) is 1.92. The van der Waals surface area contributed by atoms with Gasteiger partial charge in [0.05, 0.1) is 18.8 Å². The molecule has 2 aliphatic rings. The molecular weight excluding hydrogens is 198 g/mol. The normalized spacial score (nSPS) is 29.9. The molecule has 2 aliphatic heterocycles. The second kappa shape index (κ2) is 3.14. The number of benzene rings is 1. The Labute approximate surface area is 88.4 Å². The highest BCUT2D eigenvalue weighted by atomic mass is 35.5. The summed E-state index contributed by atoms with van der Waals surface area (Å²) in [4.78, 5) is 2.42. The summed E-state index contributed by atoms with van der Waals surface area (Å²) in [7, 11) is 0. The molecule has 2 saturated heterocycles. The summed E-state index contributed by atoms with van der Waals surface area (Å²) < 4.78 is 5.56. The topological polar surface area (TPSA) is 12.5 Å². The predicted molar refractivity (Wildman–Crippen MR) is 56.9 cm³/mol. The van der Waals surface area contributed by atoms with Crippen LogP contribution in [0.1, 0.15) is 6.42 Å². The van der Waals surface area contributed by atoms with Crippen molar-refractivity contribution in [3.8, 4) is 0 Å². The number of rotatable bonds is 1. The van der Waals surface area contributed by atoms with Gasteiger partial charge in [0, 0.05) is 17.3 Å². The van der Waals surface area contributed by atoms with Crippen LogP contribution in [0.5, 0.6) is 0 Å². The van der Waals surface area contributed by atoms with Crippen molar-refractivity contribution in [2.24, 2.45) is 0 Å². The lowest BCUT2D eigenvalue weighted by atomic mass is 10.2. The van der Waals surface area contributed by atoms with Gasteiger partial charge in [0.15, 0.2) is 0 Å². The Morgan fingerprint density at radius 2 is 2.07 bits per heavy atom. The first-order valence-electron chi connectivity index (χ1n) is 4.97. The van der Waals surface area contributed by atoms with Gasteiger partial charge in [-0.2, -0.15) is 0 Å². The lowest BCUT2D eigenvalue weighted by Crippen LogP contribution is -2.36. The van der Waals surface area contributed by atoms with Gasteiger partial charge < -0.3 is 9.64 Å². The van der Waals surface area contributed by atoms with E-state index in [1.165, 1.54) is 12.1 Å². The third kappa shape index (κ3) is 1.30. The predicted octanol–water partition coefficient (Wildman–Crippen LogP) is 2.32. The SMILES string of the molecule is Clc1ccc(N2CC3CC2CO3)cc1. The number of fused-ring (bicyclic) bond motifs is 2. The van der Waals surface area contributed by atoms with Crippen LogP contribution in [0.15, 0.2) is 24.3 Å². The Morgan fingerprint density at radius 1 is 1.29 bits per heavy atom. The van der Waals surface area contributed by atoms with Crippen LogP contribution in [0, 0.1) is 0 Å². The molecule has 2 nitrogen and oxygen atoms in total. The summed E-state index contributed by atoms with van der Waals surface area (Å²) >= 11 is 5.85. The zero-order valence-electron chi connectivity index (χ0n) is 7.82. The second-order valence-electron chi connectivity index (χ2n) is 3.97. The van der Waals surface area contributed by atoms with Gasteiger partial charge in [-0.15, -0.1) is 0 Å². The summed E-state index contributed by atoms with van der Waals surface area (Å²) in [5.74, 6) is 0. The number of anilines is 1. The van der Waals surface area contributed by atoms with E-state index in [1.54, 1.807) is 0 Å². The van der Waals surface area contributed by atoms with Crippen LogP contribution in [0.2, 0.25) is 5.02 Å². The van der Waals surface area contributed by atoms with Crippen molar-refractivity contribution in [2.75, 3.05) is 18.1 Å². The molecule has 1 aromatic carbocycles. The molecule has 2 heterocycles. The quantitative estimate of drug-likeness (QED) is 0.704. The minimum absolute atomic E-state index is 0.454. The molecule has 2 unspecified atom stereocenters. The zero-order chi connectivity index (χ0) is 9.54. The molecule has 74 valence electrons. The summed E-state index contributed by atoms with van der Waals surface area (Å²) in [6.07, 6.45) is 1.64. The molecule has 0 amide bonds. The van der Waals surface area contributed by atoms with E-state index in [-0.39, 0.29) is 0 Å². The largest absolute Gasteiger partial charge is 0.374 e.